The van der Waals surface area contributed by atoms with Crippen molar-refractivity contribution >= 4 is 5.95 Å². The van der Waals surface area contributed by atoms with Gasteiger partial charge >= 0.3 is 0 Å². The van der Waals surface area contributed by atoms with Gasteiger partial charge in [0.15, 0.2) is 0 Å². The maximum atomic E-state index is 4.35. The quantitative estimate of drug-likeness (QED) is 0.888. The second kappa shape index (κ2) is 6.06. The topological polar surface area (TPSA) is 44.3 Å². The van der Waals surface area contributed by atoms with E-state index in [0.29, 0.717) is 5.41 Å². The van der Waals surface area contributed by atoms with Crippen LogP contribution in [0.4, 0.5) is 5.95 Å². The summed E-state index contributed by atoms with van der Waals surface area (Å²) in [4.78, 5) is 13.6. The monoisotopic (exact) mass is 275 g/mol. The lowest BCUT2D eigenvalue weighted by atomic mass is 9.83. The van der Waals surface area contributed by atoms with E-state index in [-0.39, 0.29) is 0 Å². The third kappa shape index (κ3) is 2.94. The van der Waals surface area contributed by atoms with Crippen molar-refractivity contribution in [2.24, 2.45) is 5.41 Å². The van der Waals surface area contributed by atoms with E-state index in [1.807, 2.05) is 18.5 Å². The largest absolute Gasteiger partial charge is 0.338 e. The first kappa shape index (κ1) is 13.8. The van der Waals surface area contributed by atoms with Gasteiger partial charge in [-0.2, -0.15) is 0 Å². The molecule has 1 unspecified atom stereocenters. The van der Waals surface area contributed by atoms with E-state index in [2.05, 4.69) is 32.0 Å². The van der Waals surface area contributed by atoms with Gasteiger partial charge in [0.2, 0.25) is 5.95 Å². The molecule has 2 aliphatic rings. The van der Waals surface area contributed by atoms with Gasteiger partial charge in [-0.15, -0.1) is 0 Å². The van der Waals surface area contributed by atoms with Gasteiger partial charge in [0.1, 0.15) is 0 Å². The first-order valence-electron chi connectivity index (χ1n) is 7.76. The average molecular weight is 275 g/mol. The number of nitrogens with one attached hydrogen (secondary N) is 1. The molecule has 20 heavy (non-hydrogen) atoms. The molecule has 0 aliphatic carbocycles. The van der Waals surface area contributed by atoms with Gasteiger partial charge in [-0.3, -0.25) is 4.90 Å². The number of rotatable bonds is 4. The van der Waals surface area contributed by atoms with Gasteiger partial charge in [0.05, 0.1) is 0 Å². The molecule has 5 nitrogen and oxygen atoms in total. The van der Waals surface area contributed by atoms with Crippen LogP contribution in [0.15, 0.2) is 18.5 Å². The fraction of sp³-hybridized carbons (Fsp3) is 0.733. The minimum Gasteiger partial charge on any atom is -0.338 e. The normalized spacial score (nSPS) is 27.9. The number of anilines is 1. The van der Waals surface area contributed by atoms with Crippen LogP contribution in [0.5, 0.6) is 0 Å². The number of hydrogen-bond donors (Lipinski definition) is 1. The molecule has 1 atom stereocenters. The maximum Gasteiger partial charge on any atom is 0.225 e. The molecule has 0 bridgehead atoms. The number of hydrogen-bond acceptors (Lipinski definition) is 5. The molecule has 0 spiro atoms. The Bertz CT molecular complexity index is 408. The summed E-state index contributed by atoms with van der Waals surface area (Å²) in [6, 6.07) is 1.87. The minimum atomic E-state index is 0.505. The molecule has 1 aromatic rings. The third-order valence-electron chi connectivity index (χ3n) is 4.85. The molecule has 1 N–H and O–H groups in total. The van der Waals surface area contributed by atoms with Crippen molar-refractivity contribution in [1.82, 2.24) is 20.2 Å². The van der Waals surface area contributed by atoms with Gasteiger partial charge in [-0.1, -0.05) is 6.92 Å². The summed E-state index contributed by atoms with van der Waals surface area (Å²) in [6.07, 6.45) is 6.25. The molecule has 0 saturated carbocycles. The minimum absolute atomic E-state index is 0.505. The zero-order valence-corrected chi connectivity index (χ0v) is 12.4. The van der Waals surface area contributed by atoms with E-state index in [9.17, 15) is 0 Å². The first-order chi connectivity index (χ1) is 9.81. The zero-order chi connectivity index (χ0) is 13.8. The Morgan fingerprint density at radius 1 is 1.20 bits per heavy atom. The molecule has 2 saturated heterocycles. The lowest BCUT2D eigenvalue weighted by molar-refractivity contribution is 0.151. The predicted molar refractivity (Wildman–Crippen MR) is 80.9 cm³/mol. The Morgan fingerprint density at radius 3 is 2.55 bits per heavy atom. The van der Waals surface area contributed by atoms with Gasteiger partial charge < -0.3 is 10.2 Å². The summed E-state index contributed by atoms with van der Waals surface area (Å²) >= 11 is 0. The zero-order valence-electron chi connectivity index (χ0n) is 12.4. The van der Waals surface area contributed by atoms with Crippen molar-refractivity contribution < 1.29 is 0 Å². The molecule has 0 amide bonds. The summed E-state index contributed by atoms with van der Waals surface area (Å²) < 4.78 is 0. The summed E-state index contributed by atoms with van der Waals surface area (Å²) in [5, 5.41) is 3.53. The molecular weight excluding hydrogens is 250 g/mol. The molecule has 0 radical (unpaired) electrons. The molecule has 3 rings (SSSR count). The van der Waals surface area contributed by atoms with Crippen molar-refractivity contribution in [3.63, 3.8) is 0 Å². The first-order valence-corrected chi connectivity index (χ1v) is 7.76. The molecule has 2 aliphatic heterocycles. The highest BCUT2D eigenvalue weighted by molar-refractivity contribution is 5.29. The Labute approximate surface area is 121 Å². The molecule has 1 aromatic heterocycles. The molecule has 0 aromatic carbocycles. The predicted octanol–water partition coefficient (Wildman–Crippen LogP) is 0.988. The highest BCUT2D eigenvalue weighted by Gasteiger charge is 2.34. The van der Waals surface area contributed by atoms with Crippen LogP contribution in [0.1, 0.15) is 19.8 Å². The highest BCUT2D eigenvalue weighted by atomic mass is 15.3. The van der Waals surface area contributed by atoms with Crippen LogP contribution in [0.2, 0.25) is 0 Å². The summed E-state index contributed by atoms with van der Waals surface area (Å²) in [6.45, 7) is 10.3. The second-order valence-corrected chi connectivity index (χ2v) is 6.09. The highest BCUT2D eigenvalue weighted by Crippen LogP contribution is 2.30. The Morgan fingerprint density at radius 2 is 1.95 bits per heavy atom. The summed E-state index contributed by atoms with van der Waals surface area (Å²) in [7, 11) is 0. The van der Waals surface area contributed by atoms with Crippen LogP contribution < -0.4 is 10.2 Å². The van der Waals surface area contributed by atoms with E-state index in [4.69, 9.17) is 0 Å². The van der Waals surface area contributed by atoms with Crippen LogP contribution >= 0.6 is 0 Å². The van der Waals surface area contributed by atoms with Crippen LogP contribution in [-0.2, 0) is 0 Å². The number of nitrogens with zero attached hydrogens (tertiary/aromatic N) is 4. The molecular formula is C15H25N5. The van der Waals surface area contributed by atoms with Crippen molar-refractivity contribution in [3.05, 3.63) is 18.5 Å². The molecule has 2 fully saturated rings. The van der Waals surface area contributed by atoms with Crippen LogP contribution in [0, 0.1) is 5.41 Å². The number of aromatic nitrogens is 2. The molecule has 110 valence electrons. The smallest absolute Gasteiger partial charge is 0.225 e. The van der Waals surface area contributed by atoms with E-state index in [1.165, 1.54) is 32.5 Å². The summed E-state index contributed by atoms with van der Waals surface area (Å²) in [5.74, 6) is 0.875. The maximum absolute atomic E-state index is 4.35. The average Bonchev–Trinajstić information content (AvgIpc) is 2.98. The third-order valence-corrected chi connectivity index (χ3v) is 4.85. The van der Waals surface area contributed by atoms with Crippen LogP contribution in [0.25, 0.3) is 0 Å². The lowest BCUT2D eigenvalue weighted by Gasteiger charge is -2.39. The van der Waals surface area contributed by atoms with Gasteiger partial charge in [-0.05, 0) is 30.9 Å². The van der Waals surface area contributed by atoms with Gasteiger partial charge in [0, 0.05) is 51.7 Å². The van der Waals surface area contributed by atoms with Crippen molar-refractivity contribution in [3.8, 4) is 0 Å². The van der Waals surface area contributed by atoms with Gasteiger partial charge in [0.25, 0.3) is 0 Å². The Hall–Kier alpha value is -1.20. The van der Waals surface area contributed by atoms with E-state index in [0.717, 1.165) is 32.1 Å². The number of piperazine rings is 1. The van der Waals surface area contributed by atoms with Crippen molar-refractivity contribution in [1.29, 1.82) is 0 Å². The lowest BCUT2D eigenvalue weighted by Crippen LogP contribution is -2.50. The fourth-order valence-corrected chi connectivity index (χ4v) is 3.38. The fourth-order valence-electron chi connectivity index (χ4n) is 3.38. The van der Waals surface area contributed by atoms with Crippen LogP contribution in [0.3, 0.4) is 0 Å². The Balaban J connectivity index is 1.54. The van der Waals surface area contributed by atoms with Crippen molar-refractivity contribution in [2.45, 2.75) is 19.8 Å². The standard InChI is InChI=1S/C15H25N5/c1-2-15(4-7-16-12-15)13-19-8-10-20(11-9-19)14-17-5-3-6-18-14/h3,5-6,16H,2,4,7-13H2,1H3. The van der Waals surface area contributed by atoms with E-state index < -0.39 is 0 Å². The Kier molecular flexibility index (Phi) is 4.17. The van der Waals surface area contributed by atoms with E-state index in [1.54, 1.807) is 0 Å². The SMILES string of the molecule is CCC1(CN2CCN(c3ncccn3)CC2)CCNC1. The second-order valence-electron chi connectivity index (χ2n) is 6.09. The van der Waals surface area contributed by atoms with Crippen molar-refractivity contribution in [2.75, 3.05) is 50.7 Å². The summed E-state index contributed by atoms with van der Waals surface area (Å²) in [5.41, 5.74) is 0.505. The van der Waals surface area contributed by atoms with Crippen LogP contribution in [-0.4, -0.2) is 60.7 Å². The van der Waals surface area contributed by atoms with Gasteiger partial charge in [-0.25, -0.2) is 9.97 Å². The molecule has 5 heteroatoms. The molecule has 3 heterocycles. The van der Waals surface area contributed by atoms with E-state index >= 15 is 0 Å².